The van der Waals surface area contributed by atoms with Crippen LogP contribution < -0.4 is 15.2 Å². The second kappa shape index (κ2) is 8.75. The Morgan fingerprint density at radius 2 is 1.93 bits per heavy atom. The number of pyridine rings is 1. The molecule has 27 heavy (non-hydrogen) atoms. The summed E-state index contributed by atoms with van der Waals surface area (Å²) in [6, 6.07) is 9.75. The molecule has 0 bridgehead atoms. The smallest absolute Gasteiger partial charge is 0.405 e. The molecule has 0 unspecified atom stereocenters. The van der Waals surface area contributed by atoms with Crippen molar-refractivity contribution >= 4 is 6.09 Å². The molecule has 1 amide bonds. The van der Waals surface area contributed by atoms with Gasteiger partial charge in [-0.3, -0.25) is 0 Å². The van der Waals surface area contributed by atoms with E-state index in [1.165, 1.54) is 0 Å². The molecule has 1 aromatic heterocycles. The number of hydrogen-bond acceptors (Lipinski definition) is 5. The summed E-state index contributed by atoms with van der Waals surface area (Å²) in [5.41, 5.74) is 7.49. The number of aryl methyl sites for hydroxylation is 1. The Labute approximate surface area is 160 Å². The van der Waals surface area contributed by atoms with Gasteiger partial charge in [-0.25, -0.2) is 9.78 Å². The zero-order valence-electron chi connectivity index (χ0n) is 16.6. The average Bonchev–Trinajstić information content (AvgIpc) is 2.59. The minimum Gasteiger partial charge on any atom is -0.489 e. The van der Waals surface area contributed by atoms with Crippen molar-refractivity contribution in [3.8, 4) is 22.8 Å². The van der Waals surface area contributed by atoms with Crippen LogP contribution in [0.3, 0.4) is 0 Å². The topological polar surface area (TPSA) is 83.7 Å². The van der Waals surface area contributed by atoms with Crippen LogP contribution in [-0.4, -0.2) is 30.4 Å². The minimum atomic E-state index is -0.791. The van der Waals surface area contributed by atoms with Crippen molar-refractivity contribution in [3.63, 3.8) is 0 Å². The third-order valence-corrected chi connectivity index (χ3v) is 4.17. The summed E-state index contributed by atoms with van der Waals surface area (Å²) in [5.74, 6) is 1.64. The number of nitrogens with two attached hydrogens (primary N) is 1. The van der Waals surface area contributed by atoms with Crippen LogP contribution in [0.2, 0.25) is 0 Å². The van der Waals surface area contributed by atoms with E-state index in [2.05, 4.69) is 18.8 Å². The lowest BCUT2D eigenvalue weighted by Crippen LogP contribution is -2.41. The normalized spacial score (nSPS) is 13.1. The van der Waals surface area contributed by atoms with Crippen LogP contribution in [0.15, 0.2) is 36.5 Å². The molecule has 1 heterocycles. The van der Waals surface area contributed by atoms with E-state index in [1.54, 1.807) is 13.3 Å². The molecule has 1 atom stereocenters. The molecule has 2 N–H and O–H groups in total. The lowest BCUT2D eigenvalue weighted by Gasteiger charge is -2.30. The van der Waals surface area contributed by atoms with Gasteiger partial charge in [0, 0.05) is 12.3 Å². The number of primary amides is 1. The Morgan fingerprint density at radius 3 is 2.52 bits per heavy atom. The first kappa shape index (κ1) is 20.6. The third-order valence-electron chi connectivity index (χ3n) is 4.17. The van der Waals surface area contributed by atoms with E-state index in [1.807, 2.05) is 44.2 Å². The van der Waals surface area contributed by atoms with E-state index in [9.17, 15) is 4.79 Å². The van der Waals surface area contributed by atoms with Crippen molar-refractivity contribution in [3.05, 3.63) is 42.1 Å². The van der Waals surface area contributed by atoms with Gasteiger partial charge in [0.25, 0.3) is 0 Å². The van der Waals surface area contributed by atoms with Crippen molar-refractivity contribution in [2.75, 3.05) is 13.7 Å². The highest BCUT2D eigenvalue weighted by atomic mass is 16.6. The molecule has 0 radical (unpaired) electrons. The first-order valence-electron chi connectivity index (χ1n) is 8.95. The monoisotopic (exact) mass is 372 g/mol. The molecule has 6 heteroatoms. The number of benzene rings is 1. The quantitative estimate of drug-likeness (QED) is 0.745. The summed E-state index contributed by atoms with van der Waals surface area (Å²) in [5, 5.41) is 0. The minimum absolute atomic E-state index is 0.234. The zero-order chi connectivity index (χ0) is 20.0. The highest BCUT2D eigenvalue weighted by Crippen LogP contribution is 2.29. The van der Waals surface area contributed by atoms with Gasteiger partial charge in [0.1, 0.15) is 18.0 Å². The highest BCUT2D eigenvalue weighted by Gasteiger charge is 2.30. The molecule has 6 nitrogen and oxygen atoms in total. The number of hydrogen-bond donors (Lipinski definition) is 1. The first-order chi connectivity index (χ1) is 12.7. The number of nitrogens with zero attached hydrogens (tertiary/aromatic N) is 1. The number of carbonyl (C=O) groups is 1. The van der Waals surface area contributed by atoms with Crippen LogP contribution >= 0.6 is 0 Å². The van der Waals surface area contributed by atoms with Crippen molar-refractivity contribution in [2.45, 2.75) is 39.7 Å². The van der Waals surface area contributed by atoms with Crippen molar-refractivity contribution in [2.24, 2.45) is 11.7 Å². The molecular formula is C21H28N2O4. The molecule has 0 saturated heterocycles. The first-order valence-corrected chi connectivity index (χ1v) is 8.95. The fourth-order valence-corrected chi connectivity index (χ4v) is 3.16. The number of aromatic nitrogens is 1. The second-order valence-electron chi connectivity index (χ2n) is 7.32. The maximum absolute atomic E-state index is 11.3. The molecule has 146 valence electrons. The van der Waals surface area contributed by atoms with Gasteiger partial charge in [0.15, 0.2) is 0 Å². The Balaban J connectivity index is 2.16. The largest absolute Gasteiger partial charge is 0.489 e. The van der Waals surface area contributed by atoms with Crippen molar-refractivity contribution in [1.82, 2.24) is 4.98 Å². The average molecular weight is 372 g/mol. The standard InChI is InChI=1S/C21H28N2O4/c1-14(2)12-21(4,27-20(22)24)13-26-18-7-6-16(10-15(18)3)17-8-9-23-19(11-17)25-5/h6-11,14H,12-13H2,1-5H3,(H2,22,24)/t21-/m0/s1. The number of ether oxygens (including phenoxy) is 3. The van der Waals surface area contributed by atoms with Crippen LogP contribution in [0.1, 0.15) is 32.8 Å². The van der Waals surface area contributed by atoms with E-state index < -0.39 is 11.7 Å². The Hall–Kier alpha value is -2.76. The van der Waals surface area contributed by atoms with E-state index in [0.717, 1.165) is 22.4 Å². The van der Waals surface area contributed by atoms with E-state index >= 15 is 0 Å². The molecule has 0 aliphatic heterocycles. The summed E-state index contributed by atoms with van der Waals surface area (Å²) in [4.78, 5) is 15.4. The molecule has 1 aromatic carbocycles. The number of amides is 1. The predicted molar refractivity (Wildman–Crippen MR) is 105 cm³/mol. The van der Waals surface area contributed by atoms with Crippen LogP contribution in [0.25, 0.3) is 11.1 Å². The highest BCUT2D eigenvalue weighted by molar-refractivity contribution is 5.66. The Morgan fingerprint density at radius 1 is 1.22 bits per heavy atom. The van der Waals surface area contributed by atoms with Gasteiger partial charge in [0.2, 0.25) is 5.88 Å². The van der Waals surface area contributed by atoms with E-state index in [-0.39, 0.29) is 6.61 Å². The fourth-order valence-electron chi connectivity index (χ4n) is 3.16. The summed E-state index contributed by atoms with van der Waals surface area (Å²) in [6.45, 7) is 8.17. The predicted octanol–water partition coefficient (Wildman–Crippen LogP) is 4.34. The lowest BCUT2D eigenvalue weighted by atomic mass is 9.95. The molecule has 0 fully saturated rings. The molecule has 2 aromatic rings. The SMILES string of the molecule is COc1cc(-c2ccc(OC[C@](C)(CC(C)C)OC(N)=O)c(C)c2)ccn1. The molecule has 2 rings (SSSR count). The maximum Gasteiger partial charge on any atom is 0.405 e. The lowest BCUT2D eigenvalue weighted by molar-refractivity contribution is -0.0187. The van der Waals surface area contributed by atoms with Gasteiger partial charge in [0.05, 0.1) is 7.11 Å². The summed E-state index contributed by atoms with van der Waals surface area (Å²) in [6.07, 6.45) is 1.58. The third kappa shape index (κ3) is 5.88. The van der Waals surface area contributed by atoms with Gasteiger partial charge in [-0.15, -0.1) is 0 Å². The molecule has 0 spiro atoms. The second-order valence-corrected chi connectivity index (χ2v) is 7.32. The van der Waals surface area contributed by atoms with Crippen LogP contribution in [-0.2, 0) is 4.74 Å². The van der Waals surface area contributed by atoms with Gasteiger partial charge in [-0.2, -0.15) is 0 Å². The van der Waals surface area contributed by atoms with Crippen molar-refractivity contribution in [1.29, 1.82) is 0 Å². The molecular weight excluding hydrogens is 344 g/mol. The Kier molecular flexibility index (Phi) is 6.66. The van der Waals surface area contributed by atoms with Gasteiger partial charge < -0.3 is 19.9 Å². The van der Waals surface area contributed by atoms with Crippen LogP contribution in [0.5, 0.6) is 11.6 Å². The van der Waals surface area contributed by atoms with Crippen LogP contribution in [0.4, 0.5) is 4.79 Å². The fraction of sp³-hybridized carbons (Fsp3) is 0.429. The van der Waals surface area contributed by atoms with Gasteiger partial charge >= 0.3 is 6.09 Å². The molecule has 0 aliphatic rings. The zero-order valence-corrected chi connectivity index (χ0v) is 16.6. The molecule has 0 saturated carbocycles. The number of rotatable bonds is 8. The number of carbonyl (C=O) groups excluding carboxylic acids is 1. The van der Waals surface area contributed by atoms with Gasteiger partial charge in [-0.05, 0) is 61.1 Å². The maximum atomic E-state index is 11.3. The Bertz CT molecular complexity index is 792. The number of methoxy groups -OCH3 is 1. The summed E-state index contributed by atoms with van der Waals surface area (Å²) < 4.78 is 16.5. The van der Waals surface area contributed by atoms with Gasteiger partial charge in [-0.1, -0.05) is 19.9 Å². The summed E-state index contributed by atoms with van der Waals surface area (Å²) in [7, 11) is 1.59. The van der Waals surface area contributed by atoms with Crippen LogP contribution in [0, 0.1) is 12.8 Å². The van der Waals surface area contributed by atoms with E-state index in [0.29, 0.717) is 18.2 Å². The van der Waals surface area contributed by atoms with Crippen molar-refractivity contribution < 1.29 is 19.0 Å². The van der Waals surface area contributed by atoms with E-state index in [4.69, 9.17) is 19.9 Å². The summed E-state index contributed by atoms with van der Waals surface area (Å²) >= 11 is 0. The molecule has 0 aliphatic carbocycles.